The molecule has 118 valence electrons. The summed E-state index contributed by atoms with van der Waals surface area (Å²) in [6, 6.07) is 5.45. The third-order valence-corrected chi connectivity index (χ3v) is 3.41. The zero-order chi connectivity index (χ0) is 16.4. The number of amides is 1. The molecule has 4 aromatic heterocycles. The number of carbonyl (C=O) groups is 1. The molecule has 4 aromatic rings. The van der Waals surface area contributed by atoms with Crippen LogP contribution >= 0.6 is 0 Å². The quantitative estimate of drug-likeness (QED) is 0.618. The molecule has 24 heavy (non-hydrogen) atoms. The first-order valence-corrected chi connectivity index (χ1v) is 7.19. The molecule has 1 N–H and O–H groups in total. The van der Waals surface area contributed by atoms with Crippen LogP contribution in [0, 0.1) is 0 Å². The lowest BCUT2D eigenvalue weighted by atomic mass is 10.2. The van der Waals surface area contributed by atoms with E-state index in [1.165, 1.54) is 6.39 Å². The SMILES string of the molecule is O=C(Cn1ccnc1)Nc1cc2nc(-c3cnco3)ccc2cn1. The Morgan fingerprint density at radius 2 is 2.21 bits per heavy atom. The maximum atomic E-state index is 12.0. The molecule has 0 aliphatic rings. The van der Waals surface area contributed by atoms with Crippen LogP contribution < -0.4 is 5.32 Å². The fraction of sp³-hybridized carbons (Fsp3) is 0.0625. The molecule has 0 atom stereocenters. The topological polar surface area (TPSA) is 98.7 Å². The second-order valence-corrected chi connectivity index (χ2v) is 5.11. The smallest absolute Gasteiger partial charge is 0.245 e. The van der Waals surface area contributed by atoms with Crippen LogP contribution in [0.1, 0.15) is 0 Å². The van der Waals surface area contributed by atoms with Gasteiger partial charge in [0.05, 0.1) is 18.0 Å². The molecule has 0 aliphatic heterocycles. The first kappa shape index (κ1) is 14.1. The fourth-order valence-electron chi connectivity index (χ4n) is 2.29. The summed E-state index contributed by atoms with van der Waals surface area (Å²) in [5.41, 5.74) is 1.37. The Morgan fingerprint density at radius 3 is 3.00 bits per heavy atom. The van der Waals surface area contributed by atoms with Crippen LogP contribution in [0.3, 0.4) is 0 Å². The minimum absolute atomic E-state index is 0.172. The molecule has 0 aromatic carbocycles. The molecule has 0 aliphatic carbocycles. The van der Waals surface area contributed by atoms with Crippen molar-refractivity contribution in [1.29, 1.82) is 0 Å². The minimum atomic E-state index is -0.189. The number of fused-ring (bicyclic) bond motifs is 1. The summed E-state index contributed by atoms with van der Waals surface area (Å²) in [4.78, 5) is 28.6. The van der Waals surface area contributed by atoms with E-state index >= 15 is 0 Å². The molecule has 0 saturated heterocycles. The molecule has 0 radical (unpaired) electrons. The van der Waals surface area contributed by atoms with Crippen molar-refractivity contribution in [3.05, 3.63) is 55.7 Å². The lowest BCUT2D eigenvalue weighted by molar-refractivity contribution is -0.116. The number of nitrogens with one attached hydrogen (secondary N) is 1. The summed E-state index contributed by atoms with van der Waals surface area (Å²) < 4.78 is 6.93. The molecule has 8 heteroatoms. The van der Waals surface area contributed by atoms with Crippen LogP contribution in [-0.2, 0) is 11.3 Å². The number of oxazole rings is 1. The Balaban J connectivity index is 1.58. The normalized spacial score (nSPS) is 10.8. The molecule has 8 nitrogen and oxygen atoms in total. The second-order valence-electron chi connectivity index (χ2n) is 5.11. The van der Waals surface area contributed by atoms with Crippen molar-refractivity contribution in [3.63, 3.8) is 0 Å². The average molecular weight is 320 g/mol. The van der Waals surface area contributed by atoms with Crippen LogP contribution in [0.25, 0.3) is 22.4 Å². The van der Waals surface area contributed by atoms with Crippen molar-refractivity contribution >= 4 is 22.6 Å². The highest BCUT2D eigenvalue weighted by Crippen LogP contribution is 2.21. The van der Waals surface area contributed by atoms with E-state index in [4.69, 9.17) is 4.42 Å². The van der Waals surface area contributed by atoms with E-state index in [0.717, 1.165) is 5.39 Å². The summed E-state index contributed by atoms with van der Waals surface area (Å²) >= 11 is 0. The average Bonchev–Trinajstić information content (AvgIpc) is 3.27. The minimum Gasteiger partial charge on any atom is -0.442 e. The van der Waals surface area contributed by atoms with Gasteiger partial charge in [0, 0.05) is 30.0 Å². The standard InChI is InChI=1S/C16H12N6O2/c23-16(8-22-4-3-17-9-22)21-15-5-13-11(6-19-15)1-2-12(20-13)14-7-18-10-24-14/h1-7,9-10H,8H2,(H,19,21,23). The van der Waals surface area contributed by atoms with Gasteiger partial charge < -0.3 is 14.3 Å². The molecule has 4 rings (SSSR count). The van der Waals surface area contributed by atoms with Crippen LogP contribution in [0.2, 0.25) is 0 Å². The van der Waals surface area contributed by atoms with E-state index in [1.54, 1.807) is 41.7 Å². The van der Waals surface area contributed by atoms with Gasteiger partial charge in [-0.15, -0.1) is 0 Å². The second kappa shape index (κ2) is 5.92. The van der Waals surface area contributed by atoms with Crippen molar-refractivity contribution in [2.24, 2.45) is 0 Å². The van der Waals surface area contributed by atoms with Gasteiger partial charge in [-0.3, -0.25) is 4.79 Å². The Morgan fingerprint density at radius 1 is 1.25 bits per heavy atom. The highest BCUT2D eigenvalue weighted by atomic mass is 16.3. The summed E-state index contributed by atoms with van der Waals surface area (Å²) in [6.07, 6.45) is 9.55. The van der Waals surface area contributed by atoms with Gasteiger partial charge in [0.2, 0.25) is 5.91 Å². The molecular weight excluding hydrogens is 308 g/mol. The molecule has 0 spiro atoms. The predicted molar refractivity (Wildman–Crippen MR) is 85.9 cm³/mol. The number of hydrogen-bond donors (Lipinski definition) is 1. The molecular formula is C16H12N6O2. The van der Waals surface area contributed by atoms with Crippen LogP contribution in [0.4, 0.5) is 5.82 Å². The number of rotatable bonds is 4. The highest BCUT2D eigenvalue weighted by molar-refractivity contribution is 5.92. The monoisotopic (exact) mass is 320 g/mol. The van der Waals surface area contributed by atoms with Gasteiger partial charge in [-0.1, -0.05) is 0 Å². The number of nitrogens with zero attached hydrogens (tertiary/aromatic N) is 5. The Bertz CT molecular complexity index is 979. The van der Waals surface area contributed by atoms with Crippen LogP contribution in [0.15, 0.2) is 60.1 Å². The van der Waals surface area contributed by atoms with Crippen molar-refractivity contribution in [2.75, 3.05) is 5.32 Å². The third-order valence-electron chi connectivity index (χ3n) is 3.41. The van der Waals surface area contributed by atoms with Gasteiger partial charge in [-0.2, -0.15) is 0 Å². The van der Waals surface area contributed by atoms with Crippen molar-refractivity contribution in [3.8, 4) is 11.5 Å². The molecule has 0 bridgehead atoms. The first-order chi connectivity index (χ1) is 11.8. The third kappa shape index (κ3) is 2.84. The number of carbonyl (C=O) groups excluding carboxylic acids is 1. The molecule has 0 saturated carbocycles. The van der Waals surface area contributed by atoms with Crippen molar-refractivity contribution < 1.29 is 9.21 Å². The van der Waals surface area contributed by atoms with Crippen molar-refractivity contribution in [1.82, 2.24) is 24.5 Å². The predicted octanol–water partition coefficient (Wildman–Crippen LogP) is 2.12. The molecule has 0 unspecified atom stereocenters. The van der Waals surface area contributed by atoms with E-state index in [9.17, 15) is 4.79 Å². The lowest BCUT2D eigenvalue weighted by Crippen LogP contribution is -2.18. The number of aromatic nitrogens is 5. The number of pyridine rings is 2. The van der Waals surface area contributed by atoms with Gasteiger partial charge >= 0.3 is 0 Å². The summed E-state index contributed by atoms with van der Waals surface area (Å²) in [5.74, 6) is 0.834. The van der Waals surface area contributed by atoms with Gasteiger partial charge in [-0.25, -0.2) is 19.9 Å². The van der Waals surface area contributed by atoms with Crippen molar-refractivity contribution in [2.45, 2.75) is 6.54 Å². The van der Waals surface area contributed by atoms with Crippen LogP contribution in [-0.4, -0.2) is 30.4 Å². The number of hydrogen-bond acceptors (Lipinski definition) is 6. The van der Waals surface area contributed by atoms with Gasteiger partial charge in [0.15, 0.2) is 12.2 Å². The zero-order valence-electron chi connectivity index (χ0n) is 12.5. The van der Waals surface area contributed by atoms with E-state index in [2.05, 4.69) is 25.3 Å². The Labute approximate surface area is 136 Å². The summed E-state index contributed by atoms with van der Waals surface area (Å²) in [5, 5.41) is 3.62. The summed E-state index contributed by atoms with van der Waals surface area (Å²) in [6.45, 7) is 0.172. The van der Waals surface area contributed by atoms with E-state index < -0.39 is 0 Å². The highest BCUT2D eigenvalue weighted by Gasteiger charge is 2.08. The van der Waals surface area contributed by atoms with E-state index in [1.807, 2.05) is 12.1 Å². The molecule has 0 fully saturated rings. The fourth-order valence-corrected chi connectivity index (χ4v) is 2.29. The zero-order valence-corrected chi connectivity index (χ0v) is 12.5. The first-order valence-electron chi connectivity index (χ1n) is 7.19. The maximum Gasteiger partial charge on any atom is 0.245 e. The van der Waals surface area contributed by atoms with Gasteiger partial charge in [0.25, 0.3) is 0 Å². The number of imidazole rings is 1. The van der Waals surface area contributed by atoms with E-state index in [-0.39, 0.29) is 12.5 Å². The summed E-state index contributed by atoms with van der Waals surface area (Å²) in [7, 11) is 0. The Hall–Kier alpha value is -3.55. The maximum absolute atomic E-state index is 12.0. The number of anilines is 1. The van der Waals surface area contributed by atoms with Gasteiger partial charge in [-0.05, 0) is 12.1 Å². The van der Waals surface area contributed by atoms with E-state index in [0.29, 0.717) is 22.8 Å². The largest absolute Gasteiger partial charge is 0.442 e. The molecule has 4 heterocycles. The Kier molecular flexibility index (Phi) is 3.47. The van der Waals surface area contributed by atoms with Crippen LogP contribution in [0.5, 0.6) is 0 Å². The van der Waals surface area contributed by atoms with Gasteiger partial charge in [0.1, 0.15) is 18.1 Å². The molecule has 1 amide bonds. The lowest BCUT2D eigenvalue weighted by Gasteiger charge is -2.06.